The second kappa shape index (κ2) is 6.20. The average Bonchev–Trinajstić information content (AvgIpc) is 3.22. The van der Waals surface area contributed by atoms with E-state index in [2.05, 4.69) is 5.32 Å². The van der Waals surface area contributed by atoms with Crippen molar-refractivity contribution < 1.29 is 14.4 Å². The second-order valence-electron chi connectivity index (χ2n) is 6.52. The lowest BCUT2D eigenvalue weighted by Gasteiger charge is -2.21. The van der Waals surface area contributed by atoms with Crippen molar-refractivity contribution in [2.45, 2.75) is 18.9 Å². The quantitative estimate of drug-likeness (QED) is 0.864. The minimum atomic E-state index is -0.349. The molecule has 0 saturated carbocycles. The number of rotatable bonds is 3. The van der Waals surface area contributed by atoms with Crippen molar-refractivity contribution in [3.63, 3.8) is 0 Å². The fourth-order valence-electron chi connectivity index (χ4n) is 3.70. The Morgan fingerprint density at radius 2 is 1.92 bits per heavy atom. The molecule has 128 valence electrons. The minimum absolute atomic E-state index is 0.0332. The number of hydrogen-bond acceptors (Lipinski definition) is 3. The molecular weight excluding hydrogens is 318 g/mol. The highest BCUT2D eigenvalue weighted by atomic mass is 16.2. The van der Waals surface area contributed by atoms with Gasteiger partial charge >= 0.3 is 6.03 Å². The van der Waals surface area contributed by atoms with E-state index in [0.29, 0.717) is 25.9 Å². The number of hydrogen-bond donors (Lipinski definition) is 1. The predicted octanol–water partition coefficient (Wildman–Crippen LogP) is 1.53. The summed E-state index contributed by atoms with van der Waals surface area (Å²) in [5, 5.41) is 4.74. The number of carbonyl (C=O) groups is 3. The van der Waals surface area contributed by atoms with E-state index in [0.717, 1.165) is 16.3 Å². The molecular formula is C19H19N3O3. The smallest absolute Gasteiger partial charge is 0.324 e. The highest BCUT2D eigenvalue weighted by Crippen LogP contribution is 2.22. The van der Waals surface area contributed by atoms with Crippen LogP contribution in [0.5, 0.6) is 0 Å². The van der Waals surface area contributed by atoms with Gasteiger partial charge in [-0.05, 0) is 22.8 Å². The number of carbonyl (C=O) groups excluding carboxylic acids is 3. The van der Waals surface area contributed by atoms with Crippen LogP contribution in [-0.4, -0.2) is 53.3 Å². The van der Waals surface area contributed by atoms with Gasteiger partial charge in [-0.25, -0.2) is 4.79 Å². The number of benzene rings is 2. The molecule has 2 aromatic rings. The SMILES string of the molecule is O=C(Cc1cccc2ccccc12)N1CCC(N2C(=O)CNC2=O)C1. The molecule has 2 saturated heterocycles. The summed E-state index contributed by atoms with van der Waals surface area (Å²) in [5.74, 6) is -0.177. The Morgan fingerprint density at radius 1 is 1.12 bits per heavy atom. The summed E-state index contributed by atoms with van der Waals surface area (Å²) in [7, 11) is 0. The molecule has 6 heteroatoms. The number of nitrogens with one attached hydrogen (secondary N) is 1. The summed E-state index contributed by atoms with van der Waals surface area (Å²) in [5.41, 5.74) is 1.00. The van der Waals surface area contributed by atoms with Gasteiger partial charge in [0.05, 0.1) is 19.0 Å². The number of fused-ring (bicyclic) bond motifs is 1. The highest BCUT2D eigenvalue weighted by Gasteiger charge is 2.39. The zero-order valence-electron chi connectivity index (χ0n) is 13.8. The summed E-state index contributed by atoms with van der Waals surface area (Å²) >= 11 is 0. The molecule has 2 heterocycles. The van der Waals surface area contributed by atoms with Crippen molar-refractivity contribution in [1.82, 2.24) is 15.1 Å². The molecule has 25 heavy (non-hydrogen) atoms. The molecule has 4 rings (SSSR count). The Hall–Kier alpha value is -2.89. The van der Waals surface area contributed by atoms with Gasteiger partial charge in [-0.2, -0.15) is 0 Å². The van der Waals surface area contributed by atoms with Crippen molar-refractivity contribution in [2.24, 2.45) is 0 Å². The highest BCUT2D eigenvalue weighted by molar-refractivity contribution is 6.02. The number of imide groups is 1. The van der Waals surface area contributed by atoms with Gasteiger partial charge < -0.3 is 10.2 Å². The Bertz CT molecular complexity index is 843. The summed E-state index contributed by atoms with van der Waals surface area (Å²) in [6.07, 6.45) is 0.967. The van der Waals surface area contributed by atoms with Crippen LogP contribution < -0.4 is 5.32 Å². The Balaban J connectivity index is 1.47. The lowest BCUT2D eigenvalue weighted by Crippen LogP contribution is -2.43. The maximum absolute atomic E-state index is 12.7. The van der Waals surface area contributed by atoms with Crippen molar-refractivity contribution in [3.05, 3.63) is 48.0 Å². The molecule has 0 aromatic heterocycles. The van der Waals surface area contributed by atoms with Crippen LogP contribution in [-0.2, 0) is 16.0 Å². The van der Waals surface area contributed by atoms with Gasteiger partial charge in [-0.1, -0.05) is 42.5 Å². The van der Waals surface area contributed by atoms with Gasteiger partial charge in [-0.15, -0.1) is 0 Å². The normalized spacial score (nSPS) is 20.4. The van der Waals surface area contributed by atoms with Crippen molar-refractivity contribution in [3.8, 4) is 0 Å². The Labute approximate surface area is 145 Å². The number of urea groups is 1. The van der Waals surface area contributed by atoms with Crippen molar-refractivity contribution >= 4 is 28.6 Å². The van der Waals surface area contributed by atoms with Crippen LogP contribution in [0.1, 0.15) is 12.0 Å². The molecule has 1 unspecified atom stereocenters. The maximum Gasteiger partial charge on any atom is 0.324 e. The van der Waals surface area contributed by atoms with Crippen LogP contribution >= 0.6 is 0 Å². The summed E-state index contributed by atoms with van der Waals surface area (Å²) in [6, 6.07) is 13.4. The van der Waals surface area contributed by atoms with Crippen molar-refractivity contribution in [1.29, 1.82) is 0 Å². The largest absolute Gasteiger partial charge is 0.340 e. The third-order valence-corrected chi connectivity index (χ3v) is 4.98. The zero-order valence-corrected chi connectivity index (χ0v) is 13.8. The molecule has 2 aromatic carbocycles. The monoisotopic (exact) mass is 337 g/mol. The molecule has 1 N–H and O–H groups in total. The molecule has 0 aliphatic carbocycles. The van der Waals surface area contributed by atoms with E-state index in [4.69, 9.17) is 0 Å². The van der Waals surface area contributed by atoms with Gasteiger partial charge in [0.1, 0.15) is 0 Å². The van der Waals surface area contributed by atoms with E-state index >= 15 is 0 Å². The van der Waals surface area contributed by atoms with Crippen LogP contribution in [0.25, 0.3) is 10.8 Å². The van der Waals surface area contributed by atoms with E-state index in [1.54, 1.807) is 4.90 Å². The van der Waals surface area contributed by atoms with Gasteiger partial charge in [0.2, 0.25) is 11.8 Å². The maximum atomic E-state index is 12.7. The van der Waals surface area contributed by atoms with Crippen LogP contribution in [0.4, 0.5) is 4.79 Å². The Morgan fingerprint density at radius 3 is 2.72 bits per heavy atom. The standard InChI is InChI=1S/C19H19N3O3/c23-17(10-14-6-3-5-13-4-1-2-7-16(13)14)21-9-8-15(12-21)22-18(24)11-20-19(22)25/h1-7,15H,8-12H2,(H,20,25). The summed E-state index contributed by atoms with van der Waals surface area (Å²) in [6.45, 7) is 1.05. The van der Waals surface area contributed by atoms with Gasteiger partial charge in [0, 0.05) is 13.1 Å². The first-order chi connectivity index (χ1) is 12.1. The van der Waals surface area contributed by atoms with Crippen LogP contribution in [0.3, 0.4) is 0 Å². The first-order valence-corrected chi connectivity index (χ1v) is 8.48. The molecule has 2 fully saturated rings. The van der Waals surface area contributed by atoms with E-state index in [-0.39, 0.29) is 30.4 Å². The number of nitrogens with zero attached hydrogens (tertiary/aromatic N) is 2. The minimum Gasteiger partial charge on any atom is -0.340 e. The van der Waals surface area contributed by atoms with E-state index in [1.807, 2.05) is 42.5 Å². The van der Waals surface area contributed by atoms with Crippen LogP contribution in [0.2, 0.25) is 0 Å². The second-order valence-corrected chi connectivity index (χ2v) is 6.52. The zero-order chi connectivity index (χ0) is 17.4. The molecule has 0 radical (unpaired) electrons. The molecule has 2 aliphatic heterocycles. The molecule has 0 bridgehead atoms. The predicted molar refractivity (Wildman–Crippen MR) is 92.9 cm³/mol. The average molecular weight is 337 g/mol. The summed E-state index contributed by atoms with van der Waals surface area (Å²) < 4.78 is 0. The lowest BCUT2D eigenvalue weighted by molar-refractivity contribution is -0.131. The van der Waals surface area contributed by atoms with Gasteiger partial charge in [-0.3, -0.25) is 14.5 Å². The fourth-order valence-corrected chi connectivity index (χ4v) is 3.70. The molecule has 6 nitrogen and oxygen atoms in total. The van der Waals surface area contributed by atoms with Gasteiger partial charge in [0.15, 0.2) is 0 Å². The third-order valence-electron chi connectivity index (χ3n) is 4.98. The van der Waals surface area contributed by atoms with E-state index < -0.39 is 0 Å². The molecule has 1 atom stereocenters. The molecule has 4 amide bonds. The van der Waals surface area contributed by atoms with Gasteiger partial charge in [0.25, 0.3) is 0 Å². The third kappa shape index (κ3) is 2.84. The fraction of sp³-hybridized carbons (Fsp3) is 0.316. The van der Waals surface area contributed by atoms with Crippen molar-refractivity contribution in [2.75, 3.05) is 19.6 Å². The number of amides is 4. The Kier molecular flexibility index (Phi) is 3.87. The van der Waals surface area contributed by atoms with Crippen LogP contribution in [0.15, 0.2) is 42.5 Å². The topological polar surface area (TPSA) is 69.7 Å². The van der Waals surface area contributed by atoms with E-state index in [9.17, 15) is 14.4 Å². The van der Waals surface area contributed by atoms with E-state index in [1.165, 1.54) is 4.90 Å². The lowest BCUT2D eigenvalue weighted by atomic mass is 10.0. The molecule has 2 aliphatic rings. The first kappa shape index (κ1) is 15.6. The summed E-state index contributed by atoms with van der Waals surface area (Å²) in [4.78, 5) is 39.3. The first-order valence-electron chi connectivity index (χ1n) is 8.48. The molecule has 0 spiro atoms. The number of likely N-dealkylation sites (tertiary alicyclic amines) is 1. The van der Waals surface area contributed by atoms with Crippen LogP contribution in [0, 0.1) is 0 Å².